The van der Waals surface area contributed by atoms with Crippen molar-refractivity contribution in [2.24, 2.45) is 20.0 Å². The summed E-state index contributed by atoms with van der Waals surface area (Å²) < 4.78 is 0. The highest BCUT2D eigenvalue weighted by Crippen LogP contribution is 2.21. The Labute approximate surface area is 85.4 Å². The molecule has 14 heavy (non-hydrogen) atoms. The van der Waals surface area contributed by atoms with Crippen LogP contribution in [0.1, 0.15) is 0 Å². The maximum absolute atomic E-state index is 4.19. The number of guanidine groups is 2. The van der Waals surface area contributed by atoms with E-state index in [4.69, 9.17) is 0 Å². The standard InChI is InChI=1S/C8H5N5S/c14-6-3-5-1-2-9-7-10-4-11-8(12-6)13(5)7/h1-4H,(H,9,10,11,12,14). The summed E-state index contributed by atoms with van der Waals surface area (Å²) in [6.07, 6.45) is 6.85. The lowest BCUT2D eigenvalue weighted by Gasteiger charge is -2.29. The van der Waals surface area contributed by atoms with E-state index in [-0.39, 0.29) is 0 Å². The maximum Gasteiger partial charge on any atom is 0.239 e. The topological polar surface area (TPSA) is 52.7 Å². The van der Waals surface area contributed by atoms with Crippen molar-refractivity contribution in [3.05, 3.63) is 24.0 Å². The van der Waals surface area contributed by atoms with Gasteiger partial charge in [0.25, 0.3) is 0 Å². The second-order valence-corrected chi connectivity index (χ2v) is 3.25. The quantitative estimate of drug-likeness (QED) is 0.581. The van der Waals surface area contributed by atoms with Crippen molar-refractivity contribution in [2.75, 3.05) is 0 Å². The van der Waals surface area contributed by atoms with E-state index >= 15 is 0 Å². The zero-order chi connectivity index (χ0) is 9.54. The van der Waals surface area contributed by atoms with E-state index in [1.807, 2.05) is 12.2 Å². The summed E-state index contributed by atoms with van der Waals surface area (Å²) in [5.74, 6) is 1.15. The number of nitrogens with zero attached hydrogens (tertiary/aromatic N) is 5. The molecule has 0 amide bonds. The number of aliphatic imine (C=N–C) groups is 4. The lowest BCUT2D eigenvalue weighted by Crippen LogP contribution is -2.39. The molecule has 3 heterocycles. The third-order valence-electron chi connectivity index (χ3n) is 1.93. The Morgan fingerprint density at radius 1 is 1.21 bits per heavy atom. The Bertz CT molecular complexity index is 478. The maximum atomic E-state index is 4.19. The minimum atomic E-state index is 0.561. The van der Waals surface area contributed by atoms with E-state index in [0.29, 0.717) is 17.0 Å². The van der Waals surface area contributed by atoms with Gasteiger partial charge in [-0.2, -0.15) is 0 Å². The van der Waals surface area contributed by atoms with Gasteiger partial charge in [0.2, 0.25) is 11.9 Å². The van der Waals surface area contributed by atoms with Crippen LogP contribution in [0.4, 0.5) is 0 Å². The fourth-order valence-corrected chi connectivity index (χ4v) is 1.59. The molecule has 0 atom stereocenters. The van der Waals surface area contributed by atoms with Crippen molar-refractivity contribution in [1.82, 2.24) is 4.90 Å². The number of rotatable bonds is 0. The van der Waals surface area contributed by atoms with Gasteiger partial charge in [-0.05, 0) is 12.2 Å². The highest BCUT2D eigenvalue weighted by Gasteiger charge is 2.27. The van der Waals surface area contributed by atoms with Crippen LogP contribution in [0.2, 0.25) is 0 Å². The van der Waals surface area contributed by atoms with Gasteiger partial charge in [-0.25, -0.2) is 24.9 Å². The molecule has 68 valence electrons. The van der Waals surface area contributed by atoms with Crippen molar-refractivity contribution in [3.63, 3.8) is 0 Å². The first-order valence-corrected chi connectivity index (χ1v) is 4.43. The average Bonchev–Trinajstić information content (AvgIpc) is 2.18. The van der Waals surface area contributed by atoms with Gasteiger partial charge in [0.05, 0.1) is 10.7 Å². The van der Waals surface area contributed by atoms with Crippen LogP contribution >= 0.6 is 12.6 Å². The predicted octanol–water partition coefficient (Wildman–Crippen LogP) is 0.795. The summed E-state index contributed by atoms with van der Waals surface area (Å²) in [6, 6.07) is 0. The van der Waals surface area contributed by atoms with E-state index in [1.54, 1.807) is 11.1 Å². The second kappa shape index (κ2) is 2.65. The Kier molecular flexibility index (Phi) is 1.45. The van der Waals surface area contributed by atoms with Gasteiger partial charge in [0.15, 0.2) is 0 Å². The predicted molar refractivity (Wildman–Crippen MR) is 58.8 cm³/mol. The van der Waals surface area contributed by atoms with Crippen molar-refractivity contribution in [1.29, 1.82) is 0 Å². The molecule has 0 radical (unpaired) electrons. The van der Waals surface area contributed by atoms with Gasteiger partial charge in [0, 0.05) is 6.20 Å². The van der Waals surface area contributed by atoms with Crippen LogP contribution in [0, 0.1) is 0 Å². The first-order chi connectivity index (χ1) is 6.84. The fourth-order valence-electron chi connectivity index (χ4n) is 1.37. The first kappa shape index (κ1) is 7.69. The molecule has 0 aromatic rings. The average molecular weight is 203 g/mol. The highest BCUT2D eigenvalue weighted by atomic mass is 32.1. The van der Waals surface area contributed by atoms with Gasteiger partial charge in [0.1, 0.15) is 6.34 Å². The smallest absolute Gasteiger partial charge is 0.239 e. The molecule has 0 aliphatic carbocycles. The van der Waals surface area contributed by atoms with Crippen LogP contribution in [0.25, 0.3) is 0 Å². The molecule has 0 saturated heterocycles. The minimum absolute atomic E-state index is 0.561. The molecule has 0 aromatic heterocycles. The van der Waals surface area contributed by atoms with E-state index in [1.165, 1.54) is 6.34 Å². The van der Waals surface area contributed by atoms with Crippen LogP contribution in [0.3, 0.4) is 0 Å². The van der Waals surface area contributed by atoms with Crippen LogP contribution < -0.4 is 0 Å². The highest BCUT2D eigenvalue weighted by molar-refractivity contribution is 7.97. The zero-order valence-corrected chi connectivity index (χ0v) is 7.89. The normalized spacial score (nSPS) is 22.2. The van der Waals surface area contributed by atoms with Gasteiger partial charge in [-0.1, -0.05) is 0 Å². The summed E-state index contributed by atoms with van der Waals surface area (Å²) in [4.78, 5) is 18.1. The third kappa shape index (κ3) is 0.973. The first-order valence-electron chi connectivity index (χ1n) is 3.99. The van der Waals surface area contributed by atoms with E-state index in [9.17, 15) is 0 Å². The Balaban J connectivity index is 2.23. The molecule has 0 N–H and O–H groups in total. The largest absolute Gasteiger partial charge is 0.246 e. The van der Waals surface area contributed by atoms with E-state index < -0.39 is 0 Å². The van der Waals surface area contributed by atoms with Crippen molar-refractivity contribution < 1.29 is 0 Å². The fraction of sp³-hybridized carbons (Fsp3) is 0. The molecule has 0 bridgehead atoms. The van der Waals surface area contributed by atoms with Gasteiger partial charge < -0.3 is 0 Å². The molecular weight excluding hydrogens is 198 g/mol. The zero-order valence-electron chi connectivity index (χ0n) is 6.99. The van der Waals surface area contributed by atoms with E-state index in [2.05, 4.69) is 32.6 Å². The number of allylic oxidation sites excluding steroid dienone is 1. The minimum Gasteiger partial charge on any atom is -0.246 e. The van der Waals surface area contributed by atoms with Crippen molar-refractivity contribution in [2.45, 2.75) is 0 Å². The summed E-state index contributed by atoms with van der Waals surface area (Å²) in [5, 5.41) is 0.635. The van der Waals surface area contributed by atoms with Gasteiger partial charge in [-0.15, -0.1) is 12.6 Å². The molecule has 0 unspecified atom stereocenters. The SMILES string of the molecule is SC1=NC2=NC=NC3=NC=CC(=C1)N32. The monoisotopic (exact) mass is 203 g/mol. The molecule has 0 saturated carbocycles. The number of hydrogen-bond donors (Lipinski definition) is 1. The lowest BCUT2D eigenvalue weighted by atomic mass is 10.3. The van der Waals surface area contributed by atoms with Gasteiger partial charge >= 0.3 is 0 Å². The number of thiol groups is 1. The molecule has 6 heteroatoms. The third-order valence-corrected chi connectivity index (χ3v) is 2.16. The Morgan fingerprint density at radius 2 is 2.14 bits per heavy atom. The van der Waals surface area contributed by atoms with Crippen LogP contribution in [0.5, 0.6) is 0 Å². The molecule has 3 aliphatic rings. The second-order valence-electron chi connectivity index (χ2n) is 2.79. The molecule has 0 aromatic carbocycles. The van der Waals surface area contributed by atoms with E-state index in [0.717, 1.165) is 5.70 Å². The van der Waals surface area contributed by atoms with Gasteiger partial charge in [-0.3, -0.25) is 0 Å². The van der Waals surface area contributed by atoms with Crippen LogP contribution in [-0.4, -0.2) is 28.2 Å². The summed E-state index contributed by atoms with van der Waals surface area (Å²) >= 11 is 4.19. The lowest BCUT2D eigenvalue weighted by molar-refractivity contribution is 0.736. The van der Waals surface area contributed by atoms with Crippen LogP contribution in [0.15, 0.2) is 44.0 Å². The molecule has 3 aliphatic heterocycles. The molecule has 5 nitrogen and oxygen atoms in total. The number of hydrogen-bond acceptors (Lipinski definition) is 5. The molecular formula is C8H5N5S. The van der Waals surface area contributed by atoms with Crippen molar-refractivity contribution in [3.8, 4) is 0 Å². The summed E-state index contributed by atoms with van der Waals surface area (Å²) in [5.41, 5.74) is 0.936. The summed E-state index contributed by atoms with van der Waals surface area (Å²) in [7, 11) is 0. The Morgan fingerprint density at radius 3 is 3.07 bits per heavy atom. The Hall–Kier alpha value is -1.69. The van der Waals surface area contributed by atoms with Crippen molar-refractivity contribution >= 4 is 35.9 Å². The molecule has 0 spiro atoms. The molecule has 0 fully saturated rings. The molecule has 3 rings (SSSR count). The van der Waals surface area contributed by atoms with Crippen LogP contribution in [-0.2, 0) is 0 Å². The summed E-state index contributed by atoms with van der Waals surface area (Å²) in [6.45, 7) is 0.